The summed E-state index contributed by atoms with van der Waals surface area (Å²) in [6.07, 6.45) is 2.75. The summed E-state index contributed by atoms with van der Waals surface area (Å²) in [4.78, 5) is 15.6. The van der Waals surface area contributed by atoms with E-state index in [-0.39, 0.29) is 34.1 Å². The highest BCUT2D eigenvalue weighted by molar-refractivity contribution is 6.41. The van der Waals surface area contributed by atoms with Crippen molar-refractivity contribution in [1.82, 2.24) is 15.2 Å². The third-order valence-electron chi connectivity index (χ3n) is 2.56. The third-order valence-corrected chi connectivity index (χ3v) is 3.24. The van der Waals surface area contributed by atoms with E-state index in [1.54, 1.807) is 12.1 Å². The molecule has 22 heavy (non-hydrogen) atoms. The average molecular weight is 340 g/mol. The van der Waals surface area contributed by atoms with Crippen molar-refractivity contribution in [3.05, 3.63) is 52.3 Å². The topological polar surface area (TPSA) is 91.2 Å². The second-order valence-corrected chi connectivity index (χ2v) is 4.82. The molecule has 0 radical (unpaired) electrons. The zero-order chi connectivity index (χ0) is 15.5. The Morgan fingerprint density at radius 2 is 2.18 bits per heavy atom. The Morgan fingerprint density at radius 1 is 1.32 bits per heavy atom. The molecule has 9 heteroatoms. The molecular formula is C13H7Cl2N3O4. The number of hydrogen-bond donors (Lipinski definition) is 0. The van der Waals surface area contributed by atoms with Gasteiger partial charge in [-0.15, -0.1) is 10.2 Å². The molecule has 0 saturated carbocycles. The highest BCUT2D eigenvalue weighted by Crippen LogP contribution is 2.21. The van der Waals surface area contributed by atoms with E-state index in [0.717, 1.165) is 0 Å². The standard InChI is InChI=1S/C13H7Cl2N3O4/c14-8-4-7(5-16-11(8)15)13(19)21-6-10-17-18-12(22-10)9-2-1-3-20-9/h1-5H,6H2. The van der Waals surface area contributed by atoms with Crippen LogP contribution < -0.4 is 0 Å². The monoisotopic (exact) mass is 339 g/mol. The minimum atomic E-state index is -0.635. The van der Waals surface area contributed by atoms with E-state index in [0.29, 0.717) is 5.76 Å². The predicted molar refractivity (Wildman–Crippen MR) is 75.4 cm³/mol. The highest BCUT2D eigenvalue weighted by Gasteiger charge is 2.14. The molecule has 0 unspecified atom stereocenters. The molecule has 7 nitrogen and oxygen atoms in total. The maximum Gasteiger partial charge on any atom is 0.340 e. The van der Waals surface area contributed by atoms with E-state index in [1.165, 1.54) is 18.5 Å². The fourth-order valence-electron chi connectivity index (χ4n) is 1.56. The molecule has 0 saturated heterocycles. The fraction of sp³-hybridized carbons (Fsp3) is 0.0769. The van der Waals surface area contributed by atoms with Crippen LogP contribution >= 0.6 is 23.2 Å². The van der Waals surface area contributed by atoms with Crippen LogP contribution in [-0.2, 0) is 11.3 Å². The van der Waals surface area contributed by atoms with Crippen LogP contribution in [0.5, 0.6) is 0 Å². The SMILES string of the molecule is O=C(OCc1nnc(-c2ccco2)o1)c1cnc(Cl)c(Cl)c1. The first kappa shape index (κ1) is 14.6. The van der Waals surface area contributed by atoms with Crippen LogP contribution in [0.4, 0.5) is 0 Å². The van der Waals surface area contributed by atoms with Crippen LogP contribution in [0.1, 0.15) is 16.2 Å². The van der Waals surface area contributed by atoms with Crippen molar-refractivity contribution in [2.45, 2.75) is 6.61 Å². The number of pyridine rings is 1. The van der Waals surface area contributed by atoms with E-state index in [2.05, 4.69) is 15.2 Å². The second-order valence-electron chi connectivity index (χ2n) is 4.05. The third kappa shape index (κ3) is 3.10. The Labute approximate surface area is 133 Å². The lowest BCUT2D eigenvalue weighted by atomic mass is 10.3. The maximum absolute atomic E-state index is 11.8. The van der Waals surface area contributed by atoms with Gasteiger partial charge in [-0.2, -0.15) is 0 Å². The maximum atomic E-state index is 11.8. The molecule has 0 spiro atoms. The molecule has 3 heterocycles. The predicted octanol–water partition coefficient (Wildman–Crippen LogP) is 3.39. The first-order valence-electron chi connectivity index (χ1n) is 5.98. The van der Waals surface area contributed by atoms with Crippen molar-refractivity contribution >= 4 is 29.2 Å². The number of nitrogens with zero attached hydrogens (tertiary/aromatic N) is 3. The van der Waals surface area contributed by atoms with Crippen LogP contribution in [0.25, 0.3) is 11.7 Å². The van der Waals surface area contributed by atoms with Gasteiger partial charge in [0.15, 0.2) is 12.4 Å². The number of carbonyl (C=O) groups is 1. The van der Waals surface area contributed by atoms with Crippen molar-refractivity contribution in [3.8, 4) is 11.7 Å². The smallest absolute Gasteiger partial charge is 0.340 e. The van der Waals surface area contributed by atoms with Gasteiger partial charge in [0.05, 0.1) is 16.8 Å². The van der Waals surface area contributed by atoms with Gasteiger partial charge in [0, 0.05) is 6.20 Å². The number of aromatic nitrogens is 3. The lowest BCUT2D eigenvalue weighted by Gasteiger charge is -2.02. The summed E-state index contributed by atoms with van der Waals surface area (Å²) in [5.41, 5.74) is 0.167. The molecule has 0 aliphatic carbocycles. The Kier molecular flexibility index (Phi) is 4.08. The van der Waals surface area contributed by atoms with Gasteiger partial charge in [-0.25, -0.2) is 9.78 Å². The Balaban J connectivity index is 1.65. The lowest BCUT2D eigenvalue weighted by Crippen LogP contribution is -2.06. The molecule has 0 bridgehead atoms. The molecule has 112 valence electrons. The lowest BCUT2D eigenvalue weighted by molar-refractivity contribution is 0.0438. The summed E-state index contributed by atoms with van der Waals surface area (Å²) in [7, 11) is 0. The van der Waals surface area contributed by atoms with Crippen LogP contribution in [0, 0.1) is 0 Å². The highest BCUT2D eigenvalue weighted by atomic mass is 35.5. The van der Waals surface area contributed by atoms with E-state index in [1.807, 2.05) is 0 Å². The first-order chi connectivity index (χ1) is 10.6. The summed E-state index contributed by atoms with van der Waals surface area (Å²) >= 11 is 11.5. The molecule has 3 aromatic heterocycles. The van der Waals surface area contributed by atoms with Gasteiger partial charge in [-0.05, 0) is 18.2 Å². The number of carbonyl (C=O) groups excluding carboxylic acids is 1. The molecule has 3 aromatic rings. The zero-order valence-corrected chi connectivity index (χ0v) is 12.3. The van der Waals surface area contributed by atoms with Crippen molar-refractivity contribution in [2.75, 3.05) is 0 Å². The molecule has 3 rings (SSSR count). The van der Waals surface area contributed by atoms with Crippen LogP contribution in [0.2, 0.25) is 10.2 Å². The quantitative estimate of drug-likeness (QED) is 0.531. The van der Waals surface area contributed by atoms with E-state index < -0.39 is 5.97 Å². The minimum Gasteiger partial charge on any atom is -0.459 e. The molecule has 0 N–H and O–H groups in total. The van der Waals surface area contributed by atoms with Crippen molar-refractivity contribution in [3.63, 3.8) is 0 Å². The van der Waals surface area contributed by atoms with Gasteiger partial charge < -0.3 is 13.6 Å². The number of halogens is 2. The number of ether oxygens (including phenoxy) is 1. The van der Waals surface area contributed by atoms with Gasteiger partial charge in [0.25, 0.3) is 11.8 Å². The molecule has 0 amide bonds. The zero-order valence-electron chi connectivity index (χ0n) is 10.8. The molecule has 0 aliphatic heterocycles. The van der Waals surface area contributed by atoms with E-state index in [4.69, 9.17) is 36.8 Å². The molecular weight excluding hydrogens is 333 g/mol. The number of rotatable bonds is 4. The minimum absolute atomic E-state index is 0.109. The van der Waals surface area contributed by atoms with E-state index >= 15 is 0 Å². The molecule has 0 fully saturated rings. The largest absolute Gasteiger partial charge is 0.459 e. The Morgan fingerprint density at radius 3 is 2.91 bits per heavy atom. The summed E-state index contributed by atoms with van der Waals surface area (Å²) in [5, 5.41) is 7.81. The summed E-state index contributed by atoms with van der Waals surface area (Å²) < 4.78 is 15.4. The molecule has 0 aliphatic rings. The van der Waals surface area contributed by atoms with Crippen LogP contribution in [0.15, 0.2) is 39.5 Å². The number of esters is 1. The van der Waals surface area contributed by atoms with Crippen LogP contribution in [0.3, 0.4) is 0 Å². The normalized spacial score (nSPS) is 10.6. The second kappa shape index (κ2) is 6.17. The van der Waals surface area contributed by atoms with Crippen molar-refractivity contribution < 1.29 is 18.4 Å². The summed E-state index contributed by atoms with van der Waals surface area (Å²) in [6, 6.07) is 4.72. The summed E-state index contributed by atoms with van der Waals surface area (Å²) in [5.74, 6) is 0.127. The number of hydrogen-bond acceptors (Lipinski definition) is 7. The first-order valence-corrected chi connectivity index (χ1v) is 6.73. The van der Waals surface area contributed by atoms with E-state index in [9.17, 15) is 4.79 Å². The van der Waals surface area contributed by atoms with Crippen molar-refractivity contribution in [2.24, 2.45) is 0 Å². The van der Waals surface area contributed by atoms with Gasteiger partial charge in [0.2, 0.25) is 0 Å². The van der Waals surface area contributed by atoms with Crippen LogP contribution in [-0.4, -0.2) is 21.2 Å². The average Bonchev–Trinajstić information content (AvgIpc) is 3.18. The molecule has 0 atom stereocenters. The Bertz CT molecular complexity index is 801. The number of furan rings is 1. The van der Waals surface area contributed by atoms with Crippen molar-refractivity contribution in [1.29, 1.82) is 0 Å². The fourth-order valence-corrected chi connectivity index (χ4v) is 1.82. The molecule has 0 aromatic carbocycles. The van der Waals surface area contributed by atoms with Gasteiger partial charge >= 0.3 is 5.97 Å². The van der Waals surface area contributed by atoms with Gasteiger partial charge in [0.1, 0.15) is 5.15 Å². The van der Waals surface area contributed by atoms with Gasteiger partial charge in [-0.1, -0.05) is 23.2 Å². The van der Waals surface area contributed by atoms with Gasteiger partial charge in [-0.3, -0.25) is 0 Å². The summed E-state index contributed by atoms with van der Waals surface area (Å²) in [6.45, 7) is -0.188. The Hall–Kier alpha value is -2.38.